The fraction of sp³-hybridized carbons (Fsp3) is 0.381. The number of halogens is 1. The first-order valence-electron chi connectivity index (χ1n) is 10.4. The second-order valence-corrected chi connectivity index (χ2v) is 8.60. The van der Waals surface area contributed by atoms with Crippen molar-refractivity contribution in [3.63, 3.8) is 0 Å². The third-order valence-corrected chi connectivity index (χ3v) is 6.25. The summed E-state index contributed by atoms with van der Waals surface area (Å²) >= 11 is 6.15. The van der Waals surface area contributed by atoms with Crippen LogP contribution in [-0.2, 0) is 0 Å². The SMILES string of the molecule is Nc1nc(C2CC2)ncc1-c1noc(C2CCN(c3noc4ccc(Cl)cc34)CC2)n1. The van der Waals surface area contributed by atoms with E-state index in [2.05, 4.69) is 30.2 Å². The number of piperidine rings is 1. The zero-order valence-corrected chi connectivity index (χ0v) is 17.4. The van der Waals surface area contributed by atoms with Crippen molar-refractivity contribution in [3.8, 4) is 11.4 Å². The van der Waals surface area contributed by atoms with Crippen LogP contribution in [0.15, 0.2) is 33.4 Å². The Labute approximate surface area is 182 Å². The summed E-state index contributed by atoms with van der Waals surface area (Å²) in [7, 11) is 0. The van der Waals surface area contributed by atoms with E-state index in [1.54, 1.807) is 12.3 Å². The van der Waals surface area contributed by atoms with Gasteiger partial charge in [0.2, 0.25) is 11.7 Å². The summed E-state index contributed by atoms with van der Waals surface area (Å²) in [5.74, 6) is 3.70. The summed E-state index contributed by atoms with van der Waals surface area (Å²) in [5, 5.41) is 9.97. The fourth-order valence-electron chi connectivity index (χ4n) is 4.09. The van der Waals surface area contributed by atoms with Crippen molar-refractivity contribution >= 4 is 34.2 Å². The highest BCUT2D eigenvalue weighted by molar-refractivity contribution is 6.31. The number of hydrogen-bond acceptors (Lipinski definition) is 9. The summed E-state index contributed by atoms with van der Waals surface area (Å²) in [6, 6.07) is 5.53. The molecule has 1 saturated heterocycles. The first kappa shape index (κ1) is 18.6. The molecular formula is C21H20ClN7O2. The average Bonchev–Trinajstić information content (AvgIpc) is 3.38. The maximum absolute atomic E-state index is 6.15. The number of nitrogen functional groups attached to an aromatic ring is 1. The Morgan fingerprint density at radius 1 is 1.00 bits per heavy atom. The molecule has 2 N–H and O–H groups in total. The number of benzene rings is 1. The summed E-state index contributed by atoms with van der Waals surface area (Å²) < 4.78 is 11.0. The van der Waals surface area contributed by atoms with Crippen molar-refractivity contribution in [2.75, 3.05) is 23.7 Å². The van der Waals surface area contributed by atoms with Crippen molar-refractivity contribution in [1.82, 2.24) is 25.3 Å². The third kappa shape index (κ3) is 3.38. The highest BCUT2D eigenvalue weighted by Crippen LogP contribution is 2.39. The van der Waals surface area contributed by atoms with Gasteiger partial charge in [-0.2, -0.15) is 4.98 Å². The maximum Gasteiger partial charge on any atom is 0.230 e. The van der Waals surface area contributed by atoms with E-state index in [0.717, 1.165) is 61.4 Å². The predicted octanol–water partition coefficient (Wildman–Crippen LogP) is 4.16. The summed E-state index contributed by atoms with van der Waals surface area (Å²) in [6.07, 6.45) is 5.68. The van der Waals surface area contributed by atoms with Crippen LogP contribution in [0.1, 0.15) is 49.2 Å². The number of hydrogen-bond donors (Lipinski definition) is 1. The lowest BCUT2D eigenvalue weighted by molar-refractivity contribution is 0.328. The normalized spacial score (nSPS) is 17.5. The first-order chi connectivity index (χ1) is 15.2. The highest BCUT2D eigenvalue weighted by Gasteiger charge is 2.29. The van der Waals surface area contributed by atoms with Gasteiger partial charge in [0.05, 0.1) is 10.9 Å². The Morgan fingerprint density at radius 3 is 2.61 bits per heavy atom. The van der Waals surface area contributed by atoms with Crippen molar-refractivity contribution in [3.05, 3.63) is 41.1 Å². The lowest BCUT2D eigenvalue weighted by atomic mass is 9.96. The molecule has 4 aromatic rings. The minimum absolute atomic E-state index is 0.173. The molecule has 31 heavy (non-hydrogen) atoms. The molecule has 2 fully saturated rings. The smallest absolute Gasteiger partial charge is 0.230 e. The molecule has 9 nitrogen and oxygen atoms in total. The monoisotopic (exact) mass is 437 g/mol. The standard InChI is InChI=1S/C21H20ClN7O2/c22-13-3-4-16-14(9-13)20(28-30-16)29-7-5-12(6-8-29)21-26-19(27-31-21)15-10-24-18(11-1-2-11)25-17(15)23/h3-4,9-12H,1-2,5-8H2,(H2,23,24,25). The average molecular weight is 438 g/mol. The molecule has 1 saturated carbocycles. The largest absolute Gasteiger partial charge is 0.383 e. The van der Waals surface area contributed by atoms with Crippen LogP contribution in [0.5, 0.6) is 0 Å². The second-order valence-electron chi connectivity index (χ2n) is 8.17. The minimum Gasteiger partial charge on any atom is -0.383 e. The molecule has 0 radical (unpaired) electrons. The van der Waals surface area contributed by atoms with Crippen LogP contribution in [-0.4, -0.2) is 38.4 Å². The molecule has 2 aliphatic rings. The molecule has 4 heterocycles. The van der Waals surface area contributed by atoms with Gasteiger partial charge in [-0.15, -0.1) is 0 Å². The zero-order valence-electron chi connectivity index (χ0n) is 16.7. The van der Waals surface area contributed by atoms with Crippen LogP contribution in [0.2, 0.25) is 5.02 Å². The number of rotatable bonds is 4. The van der Waals surface area contributed by atoms with Gasteiger partial charge in [0.1, 0.15) is 11.6 Å². The number of nitrogens with zero attached hydrogens (tertiary/aromatic N) is 6. The van der Waals surface area contributed by atoms with Crippen molar-refractivity contribution < 1.29 is 9.05 Å². The molecule has 0 unspecified atom stereocenters. The first-order valence-corrected chi connectivity index (χ1v) is 10.8. The van der Waals surface area contributed by atoms with E-state index in [1.165, 1.54) is 0 Å². The van der Waals surface area contributed by atoms with E-state index >= 15 is 0 Å². The topological polar surface area (TPSA) is 120 Å². The van der Waals surface area contributed by atoms with Crippen LogP contribution < -0.4 is 10.6 Å². The van der Waals surface area contributed by atoms with E-state index < -0.39 is 0 Å². The Balaban J connectivity index is 1.17. The summed E-state index contributed by atoms with van der Waals surface area (Å²) in [4.78, 5) is 15.6. The van der Waals surface area contributed by atoms with Gasteiger partial charge < -0.3 is 19.7 Å². The van der Waals surface area contributed by atoms with Crippen LogP contribution >= 0.6 is 11.6 Å². The Kier molecular flexibility index (Phi) is 4.31. The molecule has 0 atom stereocenters. The fourth-order valence-corrected chi connectivity index (χ4v) is 4.27. The molecule has 0 bridgehead atoms. The third-order valence-electron chi connectivity index (χ3n) is 6.02. The molecule has 1 aliphatic carbocycles. The molecule has 0 amide bonds. The van der Waals surface area contributed by atoms with Crippen LogP contribution in [0.3, 0.4) is 0 Å². The van der Waals surface area contributed by atoms with Gasteiger partial charge in [-0.05, 0) is 43.9 Å². The van der Waals surface area contributed by atoms with E-state index in [-0.39, 0.29) is 5.92 Å². The quantitative estimate of drug-likeness (QED) is 0.501. The summed E-state index contributed by atoms with van der Waals surface area (Å²) in [5.41, 5.74) is 7.48. The van der Waals surface area contributed by atoms with Crippen LogP contribution in [0, 0.1) is 0 Å². The van der Waals surface area contributed by atoms with E-state index in [4.69, 9.17) is 26.4 Å². The van der Waals surface area contributed by atoms with Gasteiger partial charge in [-0.1, -0.05) is 21.9 Å². The molecule has 6 rings (SSSR count). The molecule has 3 aromatic heterocycles. The van der Waals surface area contributed by atoms with Crippen molar-refractivity contribution in [2.24, 2.45) is 0 Å². The Hall–Kier alpha value is -3.20. The van der Waals surface area contributed by atoms with Gasteiger partial charge in [-0.3, -0.25) is 0 Å². The lowest BCUT2D eigenvalue weighted by Gasteiger charge is -2.30. The summed E-state index contributed by atoms with van der Waals surface area (Å²) in [6.45, 7) is 1.61. The van der Waals surface area contributed by atoms with Crippen molar-refractivity contribution in [2.45, 2.75) is 37.5 Å². The number of nitrogens with two attached hydrogens (primary N) is 1. The maximum atomic E-state index is 6.15. The second kappa shape index (κ2) is 7.19. The van der Waals surface area contributed by atoms with E-state index in [0.29, 0.717) is 34.0 Å². The molecule has 0 spiro atoms. The Bertz CT molecular complexity index is 1260. The number of fused-ring (bicyclic) bond motifs is 1. The zero-order chi connectivity index (χ0) is 20.9. The van der Waals surface area contributed by atoms with Gasteiger partial charge in [0.15, 0.2) is 11.4 Å². The number of anilines is 2. The van der Waals surface area contributed by atoms with Crippen LogP contribution in [0.4, 0.5) is 11.6 Å². The number of aromatic nitrogens is 5. The molecule has 1 aromatic carbocycles. The highest BCUT2D eigenvalue weighted by atomic mass is 35.5. The van der Waals surface area contributed by atoms with Gasteiger partial charge in [0.25, 0.3) is 0 Å². The lowest BCUT2D eigenvalue weighted by Crippen LogP contribution is -2.33. The molecule has 158 valence electrons. The Morgan fingerprint density at radius 2 is 1.84 bits per heavy atom. The van der Waals surface area contributed by atoms with Gasteiger partial charge >= 0.3 is 0 Å². The van der Waals surface area contributed by atoms with Gasteiger partial charge in [-0.25, -0.2) is 9.97 Å². The minimum atomic E-state index is 0.173. The molecule has 10 heteroatoms. The van der Waals surface area contributed by atoms with Crippen LogP contribution in [0.25, 0.3) is 22.4 Å². The van der Waals surface area contributed by atoms with Crippen molar-refractivity contribution in [1.29, 1.82) is 0 Å². The molecule has 1 aliphatic heterocycles. The van der Waals surface area contributed by atoms with Gasteiger partial charge in [0, 0.05) is 36.1 Å². The predicted molar refractivity (Wildman–Crippen MR) is 115 cm³/mol. The van der Waals surface area contributed by atoms with E-state index in [1.807, 2.05) is 12.1 Å². The molecular weight excluding hydrogens is 418 g/mol. The van der Waals surface area contributed by atoms with E-state index in [9.17, 15) is 0 Å².